The van der Waals surface area contributed by atoms with E-state index in [9.17, 15) is 8.78 Å². The Morgan fingerprint density at radius 1 is 1.32 bits per heavy atom. The van der Waals surface area contributed by atoms with E-state index in [1.54, 1.807) is 0 Å². The highest BCUT2D eigenvalue weighted by atomic mass is 19.3. The van der Waals surface area contributed by atoms with Crippen LogP contribution in [0.15, 0.2) is 24.3 Å². The van der Waals surface area contributed by atoms with E-state index in [0.29, 0.717) is 25.9 Å². The average molecular weight is 307 g/mol. The first kappa shape index (κ1) is 15.7. The van der Waals surface area contributed by atoms with Crippen molar-refractivity contribution in [3.05, 3.63) is 29.8 Å². The second-order valence-corrected chi connectivity index (χ2v) is 6.45. The molecular formula is C16H20BF2NO2. The van der Waals surface area contributed by atoms with Crippen LogP contribution in [-0.2, 0) is 4.74 Å². The number of halogens is 2. The van der Waals surface area contributed by atoms with Crippen molar-refractivity contribution in [2.75, 3.05) is 6.61 Å². The number of hydrogen-bond acceptors (Lipinski definition) is 3. The van der Waals surface area contributed by atoms with Gasteiger partial charge in [-0.3, -0.25) is 0 Å². The molecule has 6 heteroatoms. The molecule has 0 bridgehead atoms. The Morgan fingerprint density at radius 3 is 2.64 bits per heavy atom. The monoisotopic (exact) mass is 307 g/mol. The minimum absolute atomic E-state index is 0.0357. The zero-order valence-corrected chi connectivity index (χ0v) is 12.4. The van der Waals surface area contributed by atoms with Crippen LogP contribution in [-0.4, -0.2) is 26.0 Å². The molecule has 1 aromatic rings. The Labute approximate surface area is 130 Å². The zero-order chi connectivity index (χ0) is 15.8. The maximum Gasteiger partial charge on any atom is 0.248 e. The smallest absolute Gasteiger partial charge is 0.248 e. The minimum Gasteiger partial charge on any atom is -0.493 e. The first-order valence-corrected chi connectivity index (χ1v) is 7.69. The summed E-state index contributed by atoms with van der Waals surface area (Å²) in [6.45, 7) is 0.475. The third kappa shape index (κ3) is 3.79. The molecule has 0 aromatic heterocycles. The van der Waals surface area contributed by atoms with Crippen molar-refractivity contribution in [2.45, 2.75) is 49.8 Å². The summed E-state index contributed by atoms with van der Waals surface area (Å²) in [6, 6.07) is 7.58. The average Bonchev–Trinajstić information content (AvgIpc) is 2.44. The van der Waals surface area contributed by atoms with E-state index < -0.39 is 11.5 Å². The molecule has 1 saturated heterocycles. The summed E-state index contributed by atoms with van der Waals surface area (Å²) in [6.07, 6.45) is 1.42. The van der Waals surface area contributed by atoms with Crippen molar-refractivity contribution < 1.29 is 18.3 Å². The number of alkyl halides is 2. The van der Waals surface area contributed by atoms with Crippen LogP contribution in [0.25, 0.3) is 0 Å². The Kier molecular flexibility index (Phi) is 4.16. The highest BCUT2D eigenvalue weighted by Crippen LogP contribution is 2.39. The van der Waals surface area contributed by atoms with E-state index >= 15 is 0 Å². The standard InChI is InChI=1S/C16H20BF2NO2/c17-16(20)9-14(22-16)12-2-1-3-13(8-12)21-10-11-4-6-15(18,19)7-5-11/h1-3,8,11,14H,4-7,9-10,20H2. The number of benzene rings is 1. The molecule has 118 valence electrons. The van der Waals surface area contributed by atoms with Crippen LogP contribution in [0.5, 0.6) is 5.75 Å². The summed E-state index contributed by atoms with van der Waals surface area (Å²) in [7, 11) is 5.63. The molecule has 2 fully saturated rings. The Balaban J connectivity index is 1.51. The van der Waals surface area contributed by atoms with Crippen molar-refractivity contribution in [1.82, 2.24) is 0 Å². The molecular weight excluding hydrogens is 287 g/mol. The molecule has 2 unspecified atom stereocenters. The lowest BCUT2D eigenvalue weighted by atomic mass is 9.79. The number of nitrogens with two attached hydrogens (primary N) is 1. The third-order valence-electron chi connectivity index (χ3n) is 4.42. The summed E-state index contributed by atoms with van der Waals surface area (Å²) in [5, 5.41) is 0. The molecule has 22 heavy (non-hydrogen) atoms. The van der Waals surface area contributed by atoms with Crippen LogP contribution in [0.1, 0.15) is 43.8 Å². The molecule has 2 atom stereocenters. The van der Waals surface area contributed by atoms with Gasteiger partial charge in [-0.25, -0.2) is 8.78 Å². The fraction of sp³-hybridized carbons (Fsp3) is 0.625. The van der Waals surface area contributed by atoms with Crippen molar-refractivity contribution in [1.29, 1.82) is 0 Å². The van der Waals surface area contributed by atoms with E-state index in [2.05, 4.69) is 0 Å². The first-order valence-electron chi connectivity index (χ1n) is 7.69. The molecule has 0 spiro atoms. The van der Waals surface area contributed by atoms with Gasteiger partial charge < -0.3 is 15.2 Å². The lowest BCUT2D eigenvalue weighted by molar-refractivity contribution is -0.154. The van der Waals surface area contributed by atoms with Crippen LogP contribution in [0.3, 0.4) is 0 Å². The molecule has 1 aromatic carbocycles. The fourth-order valence-corrected chi connectivity index (χ4v) is 3.02. The van der Waals surface area contributed by atoms with E-state index in [1.807, 2.05) is 24.3 Å². The van der Waals surface area contributed by atoms with Gasteiger partial charge in [0.15, 0.2) is 0 Å². The Hall–Kier alpha value is -1.14. The van der Waals surface area contributed by atoms with Gasteiger partial charge in [-0.2, -0.15) is 0 Å². The van der Waals surface area contributed by atoms with Crippen LogP contribution >= 0.6 is 0 Å². The molecule has 2 N–H and O–H groups in total. The lowest BCUT2D eigenvalue weighted by Gasteiger charge is -2.43. The largest absolute Gasteiger partial charge is 0.493 e. The molecule has 1 aliphatic heterocycles. The highest BCUT2D eigenvalue weighted by molar-refractivity contribution is 6.14. The maximum atomic E-state index is 13.1. The van der Waals surface area contributed by atoms with Gasteiger partial charge in [0.25, 0.3) is 0 Å². The second kappa shape index (κ2) is 5.82. The molecule has 0 amide bonds. The van der Waals surface area contributed by atoms with Gasteiger partial charge in [-0.05, 0) is 36.5 Å². The maximum absolute atomic E-state index is 13.1. The van der Waals surface area contributed by atoms with Gasteiger partial charge in [0, 0.05) is 19.3 Å². The Morgan fingerprint density at radius 2 is 2.00 bits per heavy atom. The fourth-order valence-electron chi connectivity index (χ4n) is 3.02. The van der Waals surface area contributed by atoms with Gasteiger partial charge in [0.1, 0.15) is 13.6 Å². The first-order chi connectivity index (χ1) is 10.3. The highest BCUT2D eigenvalue weighted by Gasteiger charge is 2.38. The van der Waals surface area contributed by atoms with Gasteiger partial charge in [0.05, 0.1) is 18.3 Å². The van der Waals surface area contributed by atoms with Gasteiger partial charge in [0.2, 0.25) is 5.92 Å². The predicted octanol–water partition coefficient (Wildman–Crippen LogP) is 3.13. The third-order valence-corrected chi connectivity index (χ3v) is 4.42. The van der Waals surface area contributed by atoms with Crippen LogP contribution < -0.4 is 10.5 Å². The summed E-state index contributed by atoms with van der Waals surface area (Å²) in [5.74, 6) is -1.57. The molecule has 1 heterocycles. The molecule has 1 saturated carbocycles. The SMILES string of the molecule is [B]C1(N)CC(c2cccc(OCC3CCC(F)(F)CC3)c2)O1. The molecule has 3 nitrogen and oxygen atoms in total. The minimum atomic E-state index is -2.49. The number of ether oxygens (including phenoxy) is 2. The van der Waals surface area contributed by atoms with Crippen molar-refractivity contribution >= 4 is 7.85 Å². The van der Waals surface area contributed by atoms with Crippen molar-refractivity contribution in [3.8, 4) is 5.75 Å². The number of hydrogen-bond donors (Lipinski definition) is 1. The van der Waals surface area contributed by atoms with Gasteiger partial charge in [-0.15, -0.1) is 0 Å². The summed E-state index contributed by atoms with van der Waals surface area (Å²) >= 11 is 0. The number of rotatable bonds is 4. The molecule has 3 rings (SSSR count). The lowest BCUT2D eigenvalue weighted by Crippen LogP contribution is -2.54. The van der Waals surface area contributed by atoms with Crippen molar-refractivity contribution in [3.63, 3.8) is 0 Å². The van der Waals surface area contributed by atoms with Crippen molar-refractivity contribution in [2.24, 2.45) is 11.7 Å². The topological polar surface area (TPSA) is 44.5 Å². The van der Waals surface area contributed by atoms with E-state index in [1.165, 1.54) is 0 Å². The van der Waals surface area contributed by atoms with E-state index in [4.69, 9.17) is 23.1 Å². The summed E-state index contributed by atoms with van der Waals surface area (Å²) in [4.78, 5) is 0. The Bertz CT molecular complexity index is 521. The summed E-state index contributed by atoms with van der Waals surface area (Å²) in [5.41, 5.74) is 5.57. The summed E-state index contributed by atoms with van der Waals surface area (Å²) < 4.78 is 37.4. The molecule has 2 radical (unpaired) electrons. The predicted molar refractivity (Wildman–Crippen MR) is 80.0 cm³/mol. The van der Waals surface area contributed by atoms with Crippen LogP contribution in [0.2, 0.25) is 0 Å². The van der Waals surface area contributed by atoms with Gasteiger partial charge in [-0.1, -0.05) is 12.1 Å². The van der Waals surface area contributed by atoms with Crippen LogP contribution in [0.4, 0.5) is 8.78 Å². The van der Waals surface area contributed by atoms with E-state index in [0.717, 1.165) is 11.3 Å². The molecule has 2 aliphatic rings. The second-order valence-electron chi connectivity index (χ2n) is 6.45. The van der Waals surface area contributed by atoms with E-state index in [-0.39, 0.29) is 24.9 Å². The zero-order valence-electron chi connectivity index (χ0n) is 12.4. The quantitative estimate of drug-likeness (QED) is 0.869. The normalized spacial score (nSPS) is 31.5. The molecule has 1 aliphatic carbocycles. The van der Waals surface area contributed by atoms with Crippen LogP contribution in [0, 0.1) is 5.92 Å². The van der Waals surface area contributed by atoms with Gasteiger partial charge >= 0.3 is 0 Å².